The van der Waals surface area contributed by atoms with Crippen molar-refractivity contribution in [2.45, 2.75) is 64.4 Å². The van der Waals surface area contributed by atoms with Gasteiger partial charge in [-0.05, 0) is 54.5 Å². The van der Waals surface area contributed by atoms with E-state index >= 15 is 0 Å². The van der Waals surface area contributed by atoms with Crippen molar-refractivity contribution in [1.29, 1.82) is 0 Å². The minimum absolute atomic E-state index is 0.478. The van der Waals surface area contributed by atoms with Gasteiger partial charge >= 0.3 is 7.12 Å². The second-order valence-electron chi connectivity index (χ2n) is 7.89. The lowest BCUT2D eigenvalue weighted by Crippen LogP contribution is -2.41. The van der Waals surface area contributed by atoms with E-state index in [-0.39, 0.29) is 0 Å². The van der Waals surface area contributed by atoms with Crippen molar-refractivity contribution >= 4 is 28.3 Å². The first-order valence-corrected chi connectivity index (χ1v) is 9.22. The van der Waals surface area contributed by atoms with Gasteiger partial charge in [0.2, 0.25) is 10.0 Å². The fourth-order valence-electron chi connectivity index (χ4n) is 2.06. The van der Waals surface area contributed by atoms with Crippen molar-refractivity contribution in [3.05, 3.63) is 24.3 Å². The maximum Gasteiger partial charge on any atom is 0.496 e. The van der Waals surface area contributed by atoms with Gasteiger partial charge in [0, 0.05) is 11.2 Å². The molecule has 1 saturated heterocycles. The van der Waals surface area contributed by atoms with Gasteiger partial charge in [0.1, 0.15) is 0 Å². The molecule has 0 atom stereocenters. The monoisotopic (exact) mass is 339 g/mol. The molecule has 1 aromatic rings. The summed E-state index contributed by atoms with van der Waals surface area (Å²) in [4.78, 5) is 0. The molecule has 1 aliphatic rings. The zero-order valence-corrected chi connectivity index (χ0v) is 15.7. The molecule has 0 spiro atoms. The molecule has 0 unspecified atom stereocenters. The van der Waals surface area contributed by atoms with E-state index in [4.69, 9.17) is 9.31 Å². The van der Waals surface area contributed by atoms with Gasteiger partial charge in [-0.1, -0.05) is 18.2 Å². The molecule has 0 bridgehead atoms. The van der Waals surface area contributed by atoms with Gasteiger partial charge in [-0.2, -0.15) is 0 Å². The largest absolute Gasteiger partial charge is 0.496 e. The van der Waals surface area contributed by atoms with E-state index in [2.05, 4.69) is 4.72 Å². The van der Waals surface area contributed by atoms with Crippen molar-refractivity contribution < 1.29 is 17.7 Å². The van der Waals surface area contributed by atoms with Crippen LogP contribution in [0.1, 0.15) is 48.5 Å². The molecule has 1 heterocycles. The maximum atomic E-state index is 12.5. The van der Waals surface area contributed by atoms with Crippen molar-refractivity contribution in [3.63, 3.8) is 0 Å². The topological polar surface area (TPSA) is 64.6 Å². The highest BCUT2D eigenvalue weighted by molar-refractivity contribution is 7.94. The van der Waals surface area contributed by atoms with E-state index in [9.17, 15) is 8.42 Å². The summed E-state index contributed by atoms with van der Waals surface area (Å²) >= 11 is 0. The number of benzene rings is 1. The molecule has 2 rings (SSSR count). The first kappa shape index (κ1) is 18.3. The van der Waals surface area contributed by atoms with Gasteiger partial charge in [0.05, 0.1) is 15.9 Å². The van der Waals surface area contributed by atoms with E-state index in [1.54, 1.807) is 32.9 Å². The SMILES string of the molecule is CC1(C)OB(c2ccccc2NS(=O)(=O)C(C)(C)C)OC1(C)C. The van der Waals surface area contributed by atoms with Crippen LogP contribution in [0, 0.1) is 0 Å². The van der Waals surface area contributed by atoms with Crippen LogP contribution in [-0.4, -0.2) is 31.5 Å². The molecule has 0 radical (unpaired) electrons. The van der Waals surface area contributed by atoms with Crippen LogP contribution >= 0.6 is 0 Å². The van der Waals surface area contributed by atoms with Crippen molar-refractivity contribution in [1.82, 2.24) is 0 Å². The second-order valence-corrected chi connectivity index (χ2v) is 10.3. The Balaban J connectivity index is 2.37. The number of nitrogens with one attached hydrogen (secondary N) is 1. The van der Waals surface area contributed by atoms with Gasteiger partial charge in [-0.25, -0.2) is 8.42 Å². The predicted octanol–water partition coefficient (Wildman–Crippen LogP) is 2.53. The molecule has 1 fully saturated rings. The molecule has 7 heteroatoms. The van der Waals surface area contributed by atoms with Gasteiger partial charge in [-0.15, -0.1) is 0 Å². The van der Waals surface area contributed by atoms with E-state index in [0.29, 0.717) is 11.2 Å². The molecule has 23 heavy (non-hydrogen) atoms. The third kappa shape index (κ3) is 3.41. The molecule has 1 N–H and O–H groups in total. The van der Waals surface area contributed by atoms with E-state index in [1.165, 1.54) is 0 Å². The highest BCUT2D eigenvalue weighted by atomic mass is 32.2. The molecule has 0 aromatic heterocycles. The predicted molar refractivity (Wildman–Crippen MR) is 94.5 cm³/mol. The van der Waals surface area contributed by atoms with E-state index in [1.807, 2.05) is 39.8 Å². The molecule has 1 aromatic carbocycles. The maximum absolute atomic E-state index is 12.5. The van der Waals surface area contributed by atoms with Gasteiger partial charge < -0.3 is 9.31 Å². The lowest BCUT2D eigenvalue weighted by atomic mass is 9.78. The second kappa shape index (κ2) is 5.50. The van der Waals surface area contributed by atoms with Crippen LogP contribution in [0.25, 0.3) is 0 Å². The average molecular weight is 339 g/mol. The fraction of sp³-hybridized carbons (Fsp3) is 0.625. The van der Waals surface area contributed by atoms with Crippen LogP contribution in [0.2, 0.25) is 0 Å². The highest BCUT2D eigenvalue weighted by Crippen LogP contribution is 2.37. The van der Waals surface area contributed by atoms with Crippen LogP contribution in [0.3, 0.4) is 0 Å². The van der Waals surface area contributed by atoms with Crippen LogP contribution < -0.4 is 10.2 Å². The Morgan fingerprint density at radius 1 is 1.00 bits per heavy atom. The summed E-state index contributed by atoms with van der Waals surface area (Å²) in [5.41, 5.74) is 0.210. The first-order chi connectivity index (χ1) is 10.3. The van der Waals surface area contributed by atoms with Crippen LogP contribution in [0.5, 0.6) is 0 Å². The van der Waals surface area contributed by atoms with Crippen LogP contribution in [0.4, 0.5) is 5.69 Å². The molecular weight excluding hydrogens is 313 g/mol. The fourth-order valence-corrected chi connectivity index (χ4v) is 2.84. The minimum atomic E-state index is -3.52. The molecule has 5 nitrogen and oxygen atoms in total. The third-order valence-corrected chi connectivity index (χ3v) is 6.62. The number of anilines is 1. The number of hydrogen-bond donors (Lipinski definition) is 1. The van der Waals surface area contributed by atoms with Crippen molar-refractivity contribution in [3.8, 4) is 0 Å². The van der Waals surface area contributed by atoms with E-state index in [0.717, 1.165) is 0 Å². The summed E-state index contributed by atoms with van der Waals surface area (Å²) in [5, 5.41) is 0. The highest BCUT2D eigenvalue weighted by Gasteiger charge is 2.52. The Kier molecular flexibility index (Phi) is 4.37. The molecule has 1 aliphatic heterocycles. The van der Waals surface area contributed by atoms with Crippen LogP contribution in [0.15, 0.2) is 24.3 Å². The Hall–Kier alpha value is -1.05. The quantitative estimate of drug-likeness (QED) is 0.860. The molecule has 0 amide bonds. The van der Waals surface area contributed by atoms with Gasteiger partial charge in [0.15, 0.2) is 0 Å². The summed E-state index contributed by atoms with van der Waals surface area (Å²) in [6.45, 7) is 12.8. The number of hydrogen-bond acceptors (Lipinski definition) is 4. The normalized spacial score (nSPS) is 20.6. The Labute approximate surface area is 140 Å². The third-order valence-electron chi connectivity index (χ3n) is 4.52. The van der Waals surface area contributed by atoms with Gasteiger partial charge in [0.25, 0.3) is 0 Å². The lowest BCUT2D eigenvalue weighted by molar-refractivity contribution is 0.00578. The number of rotatable bonds is 3. The van der Waals surface area contributed by atoms with Crippen molar-refractivity contribution in [2.24, 2.45) is 0 Å². The van der Waals surface area contributed by atoms with Crippen LogP contribution in [-0.2, 0) is 19.3 Å². The Bertz CT molecular complexity index is 676. The van der Waals surface area contributed by atoms with Crippen molar-refractivity contribution in [2.75, 3.05) is 4.72 Å². The summed E-state index contributed by atoms with van der Waals surface area (Å²) in [6, 6.07) is 7.18. The first-order valence-electron chi connectivity index (χ1n) is 7.74. The molecular formula is C16H26BNO4S. The molecule has 0 saturated carbocycles. The lowest BCUT2D eigenvalue weighted by Gasteiger charge is -2.32. The summed E-state index contributed by atoms with van der Waals surface area (Å²) < 4.78 is 38.7. The zero-order valence-electron chi connectivity index (χ0n) is 14.9. The molecule has 128 valence electrons. The zero-order chi connectivity index (χ0) is 17.7. The Morgan fingerprint density at radius 3 is 1.96 bits per heavy atom. The smallest absolute Gasteiger partial charge is 0.399 e. The number of para-hydroxylation sites is 1. The Morgan fingerprint density at radius 2 is 1.48 bits per heavy atom. The molecule has 0 aliphatic carbocycles. The number of sulfonamides is 1. The minimum Gasteiger partial charge on any atom is -0.399 e. The summed E-state index contributed by atoms with van der Waals surface area (Å²) in [5.74, 6) is 0. The summed E-state index contributed by atoms with van der Waals surface area (Å²) in [6.07, 6.45) is 0. The van der Waals surface area contributed by atoms with Gasteiger partial charge in [-0.3, -0.25) is 4.72 Å². The standard InChI is InChI=1S/C16H26BNO4S/c1-14(2,3)23(19,20)18-13-11-9-8-10-12(13)17-21-15(4,5)16(6,7)22-17/h8-11,18H,1-7H3. The van der Waals surface area contributed by atoms with E-state index < -0.39 is 33.1 Å². The average Bonchev–Trinajstić information content (AvgIpc) is 2.57. The summed E-state index contributed by atoms with van der Waals surface area (Å²) in [7, 11) is -4.13.